The zero-order valence-electron chi connectivity index (χ0n) is 13.8. The number of nitrogens with zero attached hydrogens (tertiary/aromatic N) is 1. The number of esters is 2. The second kappa shape index (κ2) is 9.20. The van der Waals surface area contributed by atoms with Gasteiger partial charge in [-0.2, -0.15) is 0 Å². The van der Waals surface area contributed by atoms with Crippen molar-refractivity contribution in [3.05, 3.63) is 34.9 Å². The van der Waals surface area contributed by atoms with Crippen LogP contribution in [0.1, 0.15) is 35.3 Å². The van der Waals surface area contributed by atoms with Crippen LogP contribution in [0.2, 0.25) is 0 Å². The molecular weight excluding hydrogens is 282 g/mol. The zero-order chi connectivity index (χ0) is 16.5. The predicted molar refractivity (Wildman–Crippen MR) is 85.0 cm³/mol. The molecule has 1 rings (SSSR count). The first-order valence-electron chi connectivity index (χ1n) is 7.56. The van der Waals surface area contributed by atoms with Gasteiger partial charge in [0, 0.05) is 6.54 Å². The Morgan fingerprint density at radius 2 is 1.64 bits per heavy atom. The van der Waals surface area contributed by atoms with Gasteiger partial charge in [-0.1, -0.05) is 6.07 Å². The maximum absolute atomic E-state index is 11.9. The number of carbonyl (C=O) groups excluding carboxylic acids is 2. The summed E-state index contributed by atoms with van der Waals surface area (Å²) in [5.41, 5.74) is 2.27. The molecule has 0 N–H and O–H groups in total. The highest BCUT2D eigenvalue weighted by Gasteiger charge is 2.12. The van der Waals surface area contributed by atoms with Gasteiger partial charge >= 0.3 is 11.9 Å². The third kappa shape index (κ3) is 6.26. The van der Waals surface area contributed by atoms with Gasteiger partial charge in [0.15, 0.2) is 0 Å². The lowest BCUT2D eigenvalue weighted by Gasteiger charge is -2.12. The molecule has 5 nitrogen and oxygen atoms in total. The van der Waals surface area contributed by atoms with Crippen molar-refractivity contribution >= 4 is 11.9 Å². The molecule has 0 aliphatic rings. The van der Waals surface area contributed by atoms with E-state index in [-0.39, 0.29) is 18.4 Å². The summed E-state index contributed by atoms with van der Waals surface area (Å²) >= 11 is 0. The van der Waals surface area contributed by atoms with E-state index in [9.17, 15) is 9.59 Å². The van der Waals surface area contributed by atoms with Crippen molar-refractivity contribution in [3.8, 4) is 0 Å². The van der Waals surface area contributed by atoms with Crippen LogP contribution in [0, 0.1) is 0 Å². The normalized spacial score (nSPS) is 10.6. The van der Waals surface area contributed by atoms with Crippen LogP contribution >= 0.6 is 0 Å². The first kappa shape index (κ1) is 18.2. The molecule has 0 aromatic heterocycles. The van der Waals surface area contributed by atoms with E-state index in [0.29, 0.717) is 18.8 Å². The Hall–Kier alpha value is -1.88. The van der Waals surface area contributed by atoms with Gasteiger partial charge in [0.25, 0.3) is 0 Å². The summed E-state index contributed by atoms with van der Waals surface area (Å²) in [4.78, 5) is 25.7. The summed E-state index contributed by atoms with van der Waals surface area (Å²) < 4.78 is 10.0. The molecule has 1 aromatic rings. The van der Waals surface area contributed by atoms with Gasteiger partial charge in [-0.15, -0.1) is 0 Å². The van der Waals surface area contributed by atoms with Crippen LogP contribution in [-0.4, -0.2) is 50.7 Å². The predicted octanol–water partition coefficient (Wildman–Crippen LogP) is 2.07. The standard InChI is InChI=1S/C17H25NO4/c1-5-21-16(19)12-14-9-13(7-8-18(3)4)10-15(11-14)17(20)22-6-2/h9-11H,5-8,12H2,1-4H3. The van der Waals surface area contributed by atoms with E-state index in [1.54, 1.807) is 19.9 Å². The van der Waals surface area contributed by atoms with E-state index >= 15 is 0 Å². The highest BCUT2D eigenvalue weighted by molar-refractivity contribution is 5.90. The molecular formula is C17H25NO4. The molecule has 0 aliphatic heterocycles. The lowest BCUT2D eigenvalue weighted by Crippen LogP contribution is -2.16. The first-order valence-corrected chi connectivity index (χ1v) is 7.56. The molecule has 22 heavy (non-hydrogen) atoms. The molecule has 0 saturated carbocycles. The minimum Gasteiger partial charge on any atom is -0.466 e. The zero-order valence-corrected chi connectivity index (χ0v) is 13.8. The van der Waals surface area contributed by atoms with Crippen LogP contribution in [0.3, 0.4) is 0 Å². The summed E-state index contributed by atoms with van der Waals surface area (Å²) in [5, 5.41) is 0. The summed E-state index contributed by atoms with van der Waals surface area (Å²) in [6, 6.07) is 5.48. The Kier molecular flexibility index (Phi) is 7.60. The van der Waals surface area contributed by atoms with E-state index in [1.807, 2.05) is 26.2 Å². The molecule has 0 amide bonds. The Labute approximate surface area is 132 Å². The van der Waals surface area contributed by atoms with E-state index in [0.717, 1.165) is 24.1 Å². The smallest absolute Gasteiger partial charge is 0.338 e. The van der Waals surface area contributed by atoms with Crippen molar-refractivity contribution in [2.75, 3.05) is 33.9 Å². The number of ether oxygens (including phenoxy) is 2. The monoisotopic (exact) mass is 307 g/mol. The van der Waals surface area contributed by atoms with Crippen LogP contribution in [0.25, 0.3) is 0 Å². The number of rotatable bonds is 8. The molecule has 0 unspecified atom stereocenters. The largest absolute Gasteiger partial charge is 0.466 e. The third-order valence-corrected chi connectivity index (χ3v) is 3.07. The average Bonchev–Trinajstić information content (AvgIpc) is 2.45. The average molecular weight is 307 g/mol. The van der Waals surface area contributed by atoms with Crippen LogP contribution in [-0.2, 0) is 27.1 Å². The second-order valence-electron chi connectivity index (χ2n) is 5.29. The topological polar surface area (TPSA) is 55.8 Å². The summed E-state index contributed by atoms with van der Waals surface area (Å²) in [6.07, 6.45) is 0.964. The molecule has 1 aromatic carbocycles. The second-order valence-corrected chi connectivity index (χ2v) is 5.29. The number of likely N-dealkylation sites (N-methyl/N-ethyl adjacent to an activating group) is 1. The molecule has 5 heteroatoms. The molecule has 122 valence electrons. The van der Waals surface area contributed by atoms with Gasteiger partial charge in [0.05, 0.1) is 25.2 Å². The molecule has 0 bridgehead atoms. The molecule has 0 radical (unpaired) electrons. The van der Waals surface area contributed by atoms with Gasteiger partial charge in [-0.25, -0.2) is 4.79 Å². The van der Waals surface area contributed by atoms with Crippen molar-refractivity contribution in [2.24, 2.45) is 0 Å². The minimum atomic E-state index is -0.362. The maximum atomic E-state index is 11.9. The Morgan fingerprint density at radius 3 is 2.23 bits per heavy atom. The molecule has 0 saturated heterocycles. The van der Waals surface area contributed by atoms with Crippen LogP contribution < -0.4 is 0 Å². The van der Waals surface area contributed by atoms with Gasteiger partial charge in [-0.05, 0) is 57.6 Å². The Morgan fingerprint density at radius 1 is 1.00 bits per heavy atom. The third-order valence-electron chi connectivity index (χ3n) is 3.07. The van der Waals surface area contributed by atoms with Crippen molar-refractivity contribution in [1.82, 2.24) is 4.90 Å². The molecule has 0 heterocycles. The number of benzene rings is 1. The quantitative estimate of drug-likeness (QED) is 0.688. The molecule has 0 aliphatic carbocycles. The summed E-state index contributed by atoms with van der Waals surface area (Å²) in [6.45, 7) is 5.09. The van der Waals surface area contributed by atoms with E-state index in [2.05, 4.69) is 4.90 Å². The summed E-state index contributed by atoms with van der Waals surface area (Å²) in [5.74, 6) is -0.651. The molecule has 0 atom stereocenters. The van der Waals surface area contributed by atoms with Crippen LogP contribution in [0.15, 0.2) is 18.2 Å². The Bertz CT molecular complexity index is 511. The fourth-order valence-corrected chi connectivity index (χ4v) is 2.07. The van der Waals surface area contributed by atoms with Crippen LogP contribution in [0.5, 0.6) is 0 Å². The first-order chi connectivity index (χ1) is 10.5. The SMILES string of the molecule is CCOC(=O)Cc1cc(CCN(C)C)cc(C(=O)OCC)c1. The van der Waals surface area contributed by atoms with Crippen molar-refractivity contribution in [2.45, 2.75) is 26.7 Å². The van der Waals surface area contributed by atoms with Crippen molar-refractivity contribution in [3.63, 3.8) is 0 Å². The number of hydrogen-bond acceptors (Lipinski definition) is 5. The molecule has 0 spiro atoms. The molecule has 0 fully saturated rings. The maximum Gasteiger partial charge on any atom is 0.338 e. The lowest BCUT2D eigenvalue weighted by atomic mass is 10.0. The van der Waals surface area contributed by atoms with Gasteiger partial charge in [-0.3, -0.25) is 4.79 Å². The Balaban J connectivity index is 2.98. The van der Waals surface area contributed by atoms with Crippen LogP contribution in [0.4, 0.5) is 0 Å². The highest BCUT2D eigenvalue weighted by Crippen LogP contribution is 2.14. The van der Waals surface area contributed by atoms with E-state index < -0.39 is 0 Å². The van der Waals surface area contributed by atoms with Crippen molar-refractivity contribution < 1.29 is 19.1 Å². The van der Waals surface area contributed by atoms with Crippen molar-refractivity contribution in [1.29, 1.82) is 0 Å². The number of carbonyl (C=O) groups is 2. The highest BCUT2D eigenvalue weighted by atomic mass is 16.5. The number of hydrogen-bond donors (Lipinski definition) is 0. The fraction of sp³-hybridized carbons (Fsp3) is 0.529. The van der Waals surface area contributed by atoms with Gasteiger partial charge in [0.1, 0.15) is 0 Å². The van der Waals surface area contributed by atoms with Gasteiger partial charge < -0.3 is 14.4 Å². The van der Waals surface area contributed by atoms with E-state index in [1.165, 1.54) is 0 Å². The summed E-state index contributed by atoms with van der Waals surface area (Å²) in [7, 11) is 3.99. The fourth-order valence-electron chi connectivity index (χ4n) is 2.07. The van der Waals surface area contributed by atoms with E-state index in [4.69, 9.17) is 9.47 Å². The van der Waals surface area contributed by atoms with Gasteiger partial charge in [0.2, 0.25) is 0 Å². The lowest BCUT2D eigenvalue weighted by molar-refractivity contribution is -0.142. The minimum absolute atomic E-state index is 0.163.